The van der Waals surface area contributed by atoms with Gasteiger partial charge in [-0.15, -0.1) is 11.3 Å². The van der Waals surface area contributed by atoms with Crippen LogP contribution in [0.2, 0.25) is 0 Å². The summed E-state index contributed by atoms with van der Waals surface area (Å²) < 4.78 is 4.60. The number of nitrogens with one attached hydrogen (secondary N) is 1. The molecule has 0 radical (unpaired) electrons. The van der Waals surface area contributed by atoms with Crippen molar-refractivity contribution >= 4 is 28.3 Å². The summed E-state index contributed by atoms with van der Waals surface area (Å²) in [5, 5.41) is 5.24. The molecule has 1 aliphatic rings. The van der Waals surface area contributed by atoms with E-state index in [1.165, 1.54) is 37.7 Å². The maximum Gasteiger partial charge on any atom is 0.311 e. The first-order valence-electron chi connectivity index (χ1n) is 7.51. The first-order chi connectivity index (χ1) is 10.2. The highest BCUT2D eigenvalue weighted by Gasteiger charge is 2.20. The number of amides is 1. The van der Waals surface area contributed by atoms with Crippen LogP contribution < -0.4 is 5.32 Å². The Kier molecular flexibility index (Phi) is 6.17. The number of aromatic nitrogens is 1. The van der Waals surface area contributed by atoms with Crippen LogP contribution in [0.15, 0.2) is 5.38 Å². The lowest BCUT2D eigenvalue weighted by Gasteiger charge is -2.18. The van der Waals surface area contributed by atoms with E-state index < -0.39 is 0 Å². The number of nitrogens with zero attached hydrogens (tertiary/aromatic N) is 1. The van der Waals surface area contributed by atoms with E-state index in [1.54, 1.807) is 5.38 Å². The molecule has 0 spiro atoms. The fourth-order valence-electron chi connectivity index (χ4n) is 2.59. The highest BCUT2D eigenvalue weighted by molar-refractivity contribution is 7.13. The molecule has 1 fully saturated rings. The number of ether oxygens (including phenoxy) is 1. The second-order valence-electron chi connectivity index (χ2n) is 5.43. The summed E-state index contributed by atoms with van der Waals surface area (Å²) in [6.45, 7) is 0. The van der Waals surface area contributed by atoms with Gasteiger partial charge >= 0.3 is 5.97 Å². The molecule has 1 heterocycles. The van der Waals surface area contributed by atoms with Crippen LogP contribution in [0, 0.1) is 5.92 Å². The quantitative estimate of drug-likeness (QED) is 0.867. The fraction of sp³-hybridized carbons (Fsp3) is 0.667. The van der Waals surface area contributed by atoms with Gasteiger partial charge in [0.25, 0.3) is 0 Å². The molecular formula is C15H22N2O3S. The van der Waals surface area contributed by atoms with Crippen LogP contribution >= 0.6 is 11.3 Å². The fourth-order valence-corrected chi connectivity index (χ4v) is 3.30. The standard InChI is InChI=1S/C15H22N2O3S/c1-20-13(18)9-12-10-21-15(16-12)17-14(19)11-7-5-3-2-4-6-8-11/h10-11H,2-9H2,1H3,(H,16,17,19). The smallest absolute Gasteiger partial charge is 0.311 e. The number of hydrogen-bond acceptors (Lipinski definition) is 5. The molecule has 1 amide bonds. The molecule has 5 nitrogen and oxygen atoms in total. The van der Waals surface area contributed by atoms with Gasteiger partial charge in [-0.1, -0.05) is 32.1 Å². The number of thiazole rings is 1. The van der Waals surface area contributed by atoms with Gasteiger partial charge < -0.3 is 10.1 Å². The summed E-state index contributed by atoms with van der Waals surface area (Å²) in [7, 11) is 1.35. The van der Waals surface area contributed by atoms with E-state index in [4.69, 9.17) is 0 Å². The lowest BCUT2D eigenvalue weighted by molar-refractivity contribution is -0.139. The predicted molar refractivity (Wildman–Crippen MR) is 82.3 cm³/mol. The molecule has 1 N–H and O–H groups in total. The zero-order valence-corrected chi connectivity index (χ0v) is 13.2. The molecule has 2 rings (SSSR count). The van der Waals surface area contributed by atoms with Crippen LogP contribution in [-0.2, 0) is 20.7 Å². The molecule has 0 aromatic carbocycles. The number of methoxy groups -OCH3 is 1. The van der Waals surface area contributed by atoms with Gasteiger partial charge in [0.15, 0.2) is 5.13 Å². The molecule has 0 unspecified atom stereocenters. The minimum Gasteiger partial charge on any atom is -0.469 e. The van der Waals surface area contributed by atoms with E-state index in [0.717, 1.165) is 25.7 Å². The predicted octanol–water partition coefficient (Wildman–Crippen LogP) is 3.16. The van der Waals surface area contributed by atoms with Crippen LogP contribution in [0.1, 0.15) is 50.6 Å². The average Bonchev–Trinajstić information content (AvgIpc) is 2.85. The molecule has 0 saturated heterocycles. The second kappa shape index (κ2) is 8.12. The van der Waals surface area contributed by atoms with Gasteiger partial charge in [0.2, 0.25) is 5.91 Å². The van der Waals surface area contributed by atoms with Crippen molar-refractivity contribution in [1.29, 1.82) is 0 Å². The molecule has 6 heteroatoms. The molecule has 1 aliphatic carbocycles. The zero-order valence-electron chi connectivity index (χ0n) is 12.4. The topological polar surface area (TPSA) is 68.3 Å². The minimum atomic E-state index is -0.321. The first kappa shape index (κ1) is 15.9. The third-order valence-electron chi connectivity index (χ3n) is 3.81. The van der Waals surface area contributed by atoms with Gasteiger partial charge in [-0.05, 0) is 12.8 Å². The average molecular weight is 310 g/mol. The molecule has 116 valence electrons. The number of carbonyl (C=O) groups is 2. The zero-order chi connectivity index (χ0) is 15.1. The van der Waals surface area contributed by atoms with Gasteiger partial charge in [-0.25, -0.2) is 4.98 Å². The largest absolute Gasteiger partial charge is 0.469 e. The van der Waals surface area contributed by atoms with Crippen molar-refractivity contribution in [3.8, 4) is 0 Å². The second-order valence-corrected chi connectivity index (χ2v) is 6.29. The number of anilines is 1. The van der Waals surface area contributed by atoms with E-state index in [0.29, 0.717) is 10.8 Å². The normalized spacial score (nSPS) is 16.8. The molecule has 0 atom stereocenters. The maximum atomic E-state index is 12.3. The molecule has 0 aliphatic heterocycles. The van der Waals surface area contributed by atoms with Crippen molar-refractivity contribution in [3.05, 3.63) is 11.1 Å². The Labute approximate surface area is 129 Å². The first-order valence-corrected chi connectivity index (χ1v) is 8.39. The van der Waals surface area contributed by atoms with Gasteiger partial charge in [0.05, 0.1) is 19.2 Å². The van der Waals surface area contributed by atoms with Crippen molar-refractivity contribution in [3.63, 3.8) is 0 Å². The summed E-state index contributed by atoms with van der Waals surface area (Å²) >= 11 is 1.35. The van der Waals surface area contributed by atoms with Crippen LogP contribution in [0.3, 0.4) is 0 Å². The van der Waals surface area contributed by atoms with E-state index >= 15 is 0 Å². The molecule has 0 bridgehead atoms. The van der Waals surface area contributed by atoms with Crippen LogP contribution in [0.4, 0.5) is 5.13 Å². The third-order valence-corrected chi connectivity index (χ3v) is 4.62. The van der Waals surface area contributed by atoms with E-state index in [9.17, 15) is 9.59 Å². The third kappa shape index (κ3) is 5.12. The van der Waals surface area contributed by atoms with Crippen molar-refractivity contribution in [2.24, 2.45) is 5.92 Å². The molecule has 1 aromatic heterocycles. The summed E-state index contributed by atoms with van der Waals surface area (Å²) in [6, 6.07) is 0. The van der Waals surface area contributed by atoms with Gasteiger partial charge in [0, 0.05) is 11.3 Å². The Balaban J connectivity index is 1.88. The Hall–Kier alpha value is -1.43. The lowest BCUT2D eigenvalue weighted by Crippen LogP contribution is -2.23. The van der Waals surface area contributed by atoms with Gasteiger partial charge in [-0.2, -0.15) is 0 Å². The lowest BCUT2D eigenvalue weighted by atomic mass is 9.90. The summed E-state index contributed by atoms with van der Waals surface area (Å²) in [6.07, 6.45) is 8.07. The number of hydrogen-bond donors (Lipinski definition) is 1. The Morgan fingerprint density at radius 2 is 1.95 bits per heavy atom. The molecule has 1 aromatic rings. The van der Waals surface area contributed by atoms with Gasteiger partial charge in [0.1, 0.15) is 0 Å². The molecule has 1 saturated carbocycles. The monoisotopic (exact) mass is 310 g/mol. The van der Waals surface area contributed by atoms with E-state index in [2.05, 4.69) is 15.0 Å². The number of carbonyl (C=O) groups excluding carboxylic acids is 2. The SMILES string of the molecule is COC(=O)Cc1csc(NC(=O)C2CCCCCCC2)n1. The van der Waals surface area contributed by atoms with Crippen LogP contribution in [0.5, 0.6) is 0 Å². The minimum absolute atomic E-state index is 0.0656. The van der Waals surface area contributed by atoms with Crippen molar-refractivity contribution in [1.82, 2.24) is 4.98 Å². The van der Waals surface area contributed by atoms with Gasteiger partial charge in [-0.3, -0.25) is 9.59 Å². The van der Waals surface area contributed by atoms with Crippen molar-refractivity contribution in [2.75, 3.05) is 12.4 Å². The summed E-state index contributed by atoms with van der Waals surface area (Å²) in [5.74, 6) is -0.160. The summed E-state index contributed by atoms with van der Waals surface area (Å²) in [4.78, 5) is 27.7. The molecule has 21 heavy (non-hydrogen) atoms. The number of rotatable bonds is 4. The summed E-state index contributed by atoms with van der Waals surface area (Å²) in [5.41, 5.74) is 0.639. The Morgan fingerprint density at radius 3 is 2.62 bits per heavy atom. The highest BCUT2D eigenvalue weighted by Crippen LogP contribution is 2.24. The Bertz CT molecular complexity index is 479. The van der Waals surface area contributed by atoms with E-state index in [-0.39, 0.29) is 24.2 Å². The van der Waals surface area contributed by atoms with Crippen LogP contribution in [0.25, 0.3) is 0 Å². The maximum absolute atomic E-state index is 12.3. The van der Waals surface area contributed by atoms with Crippen LogP contribution in [-0.4, -0.2) is 24.0 Å². The molecular weight excluding hydrogens is 288 g/mol. The Morgan fingerprint density at radius 1 is 1.29 bits per heavy atom. The number of esters is 1. The highest BCUT2D eigenvalue weighted by atomic mass is 32.1. The van der Waals surface area contributed by atoms with E-state index in [1.807, 2.05) is 0 Å². The van der Waals surface area contributed by atoms with Crippen molar-refractivity contribution in [2.45, 2.75) is 51.4 Å². The van der Waals surface area contributed by atoms with Crippen molar-refractivity contribution < 1.29 is 14.3 Å².